The number of hydrogen-bond acceptors (Lipinski definition) is 0. The van der Waals surface area contributed by atoms with E-state index < -0.39 is 0 Å². The average molecular weight is 212 g/mol. The van der Waals surface area contributed by atoms with Crippen LogP contribution >= 0.6 is 15.9 Å². The van der Waals surface area contributed by atoms with Gasteiger partial charge in [0, 0.05) is 4.47 Å². The summed E-state index contributed by atoms with van der Waals surface area (Å²) in [5.74, 6) is 0.654. The fourth-order valence-corrected chi connectivity index (χ4v) is 1.39. The highest BCUT2D eigenvalue weighted by molar-refractivity contribution is 9.10. The van der Waals surface area contributed by atoms with E-state index in [1.54, 1.807) is 0 Å². The van der Waals surface area contributed by atoms with Crippen LogP contribution in [-0.2, 0) is 0 Å². The molecule has 0 amide bonds. The van der Waals surface area contributed by atoms with E-state index in [2.05, 4.69) is 48.0 Å². The summed E-state index contributed by atoms with van der Waals surface area (Å²) in [6.45, 7) is 4.44. The molecular formula is C10H12Br. The molecule has 1 atom stereocenters. The maximum Gasteiger partial charge on any atom is 0.0256 e. The maximum absolute atomic E-state index is 3.40. The van der Waals surface area contributed by atoms with Gasteiger partial charge in [0.25, 0.3) is 0 Å². The first-order valence-electron chi connectivity index (χ1n) is 3.91. The zero-order valence-corrected chi connectivity index (χ0v) is 8.48. The van der Waals surface area contributed by atoms with Crippen LogP contribution in [0.2, 0.25) is 0 Å². The third kappa shape index (κ3) is 2.33. The third-order valence-corrected chi connectivity index (χ3v) is 2.43. The van der Waals surface area contributed by atoms with Crippen LogP contribution < -0.4 is 0 Å². The Balaban J connectivity index is 2.86. The van der Waals surface area contributed by atoms with Crippen molar-refractivity contribution in [3.8, 4) is 0 Å². The van der Waals surface area contributed by atoms with Crippen LogP contribution in [0.15, 0.2) is 22.7 Å². The first-order chi connectivity index (χ1) is 5.24. The van der Waals surface area contributed by atoms with Gasteiger partial charge in [-0.2, -0.15) is 0 Å². The minimum Gasteiger partial charge on any atom is -0.0648 e. The Labute approximate surface area is 76.8 Å². The summed E-state index contributed by atoms with van der Waals surface area (Å²) >= 11 is 3.40. The maximum atomic E-state index is 3.40. The lowest BCUT2D eigenvalue weighted by atomic mass is 9.99. The van der Waals surface area contributed by atoms with Crippen molar-refractivity contribution >= 4 is 15.9 Å². The van der Waals surface area contributed by atoms with Gasteiger partial charge in [-0.05, 0) is 30.0 Å². The van der Waals surface area contributed by atoms with E-state index >= 15 is 0 Å². The van der Waals surface area contributed by atoms with Gasteiger partial charge < -0.3 is 0 Å². The quantitative estimate of drug-likeness (QED) is 0.700. The molecule has 1 heteroatoms. The molecule has 1 aromatic carbocycles. The fourth-order valence-electron chi connectivity index (χ4n) is 0.996. The second kappa shape index (κ2) is 3.91. The SMILES string of the molecule is CCC(C)c1cc[c]c(Br)c1. The van der Waals surface area contributed by atoms with E-state index in [9.17, 15) is 0 Å². The van der Waals surface area contributed by atoms with Gasteiger partial charge in [-0.1, -0.05) is 41.9 Å². The Morgan fingerprint density at radius 1 is 1.64 bits per heavy atom. The van der Waals surface area contributed by atoms with Crippen LogP contribution in [0.4, 0.5) is 0 Å². The van der Waals surface area contributed by atoms with E-state index in [4.69, 9.17) is 0 Å². The van der Waals surface area contributed by atoms with Crippen molar-refractivity contribution in [1.82, 2.24) is 0 Å². The van der Waals surface area contributed by atoms with E-state index in [0.717, 1.165) is 4.47 Å². The largest absolute Gasteiger partial charge is 0.0648 e. The lowest BCUT2D eigenvalue weighted by Crippen LogP contribution is -1.89. The summed E-state index contributed by atoms with van der Waals surface area (Å²) in [5.41, 5.74) is 1.39. The predicted octanol–water partition coefficient (Wildman–Crippen LogP) is 3.76. The molecule has 0 bridgehead atoms. The van der Waals surface area contributed by atoms with E-state index in [0.29, 0.717) is 5.92 Å². The molecule has 0 aromatic heterocycles. The molecule has 0 saturated heterocycles. The summed E-state index contributed by atoms with van der Waals surface area (Å²) in [5, 5.41) is 0. The Morgan fingerprint density at radius 3 is 2.91 bits per heavy atom. The molecule has 0 nitrogen and oxygen atoms in total. The van der Waals surface area contributed by atoms with Crippen LogP contribution in [0.25, 0.3) is 0 Å². The molecule has 1 unspecified atom stereocenters. The summed E-state index contributed by atoms with van der Waals surface area (Å²) in [6, 6.07) is 9.29. The van der Waals surface area contributed by atoms with E-state index in [1.807, 2.05) is 6.07 Å². The number of halogens is 1. The molecule has 59 valence electrons. The second-order valence-corrected chi connectivity index (χ2v) is 3.63. The Kier molecular flexibility index (Phi) is 3.13. The number of rotatable bonds is 2. The zero-order chi connectivity index (χ0) is 8.27. The van der Waals surface area contributed by atoms with Gasteiger partial charge in [-0.15, -0.1) is 0 Å². The van der Waals surface area contributed by atoms with Crippen LogP contribution in [0, 0.1) is 6.07 Å². The molecule has 1 radical (unpaired) electrons. The van der Waals surface area contributed by atoms with Gasteiger partial charge >= 0.3 is 0 Å². The van der Waals surface area contributed by atoms with Crippen molar-refractivity contribution in [1.29, 1.82) is 0 Å². The standard InChI is InChI=1S/C10H12Br/c1-3-8(2)9-5-4-6-10(11)7-9/h4-5,7-8H,3H2,1-2H3. The molecule has 0 N–H and O–H groups in total. The molecule has 0 heterocycles. The minimum absolute atomic E-state index is 0.654. The van der Waals surface area contributed by atoms with Crippen LogP contribution in [0.5, 0.6) is 0 Å². The summed E-state index contributed by atoms with van der Waals surface area (Å²) < 4.78 is 1.05. The van der Waals surface area contributed by atoms with Gasteiger partial charge in [0.2, 0.25) is 0 Å². The lowest BCUT2D eigenvalue weighted by Gasteiger charge is -2.07. The molecule has 0 saturated carbocycles. The first-order valence-corrected chi connectivity index (χ1v) is 4.70. The monoisotopic (exact) mass is 211 g/mol. The van der Waals surface area contributed by atoms with Crippen molar-refractivity contribution in [3.05, 3.63) is 34.3 Å². The molecule has 0 aliphatic carbocycles. The lowest BCUT2D eigenvalue weighted by molar-refractivity contribution is 0.733. The molecule has 0 aliphatic rings. The molecule has 0 aliphatic heterocycles. The molecular weight excluding hydrogens is 200 g/mol. The molecule has 0 spiro atoms. The van der Waals surface area contributed by atoms with Crippen molar-refractivity contribution in [2.45, 2.75) is 26.2 Å². The Hall–Kier alpha value is -0.300. The smallest absolute Gasteiger partial charge is 0.0256 e. The van der Waals surface area contributed by atoms with Gasteiger partial charge in [-0.3, -0.25) is 0 Å². The normalized spacial score (nSPS) is 13.0. The molecule has 11 heavy (non-hydrogen) atoms. The highest BCUT2D eigenvalue weighted by atomic mass is 79.9. The van der Waals surface area contributed by atoms with Crippen LogP contribution in [0.3, 0.4) is 0 Å². The number of hydrogen-bond donors (Lipinski definition) is 0. The first kappa shape index (κ1) is 8.79. The van der Waals surface area contributed by atoms with Gasteiger partial charge in [-0.25, -0.2) is 0 Å². The second-order valence-electron chi connectivity index (χ2n) is 2.78. The van der Waals surface area contributed by atoms with E-state index in [-0.39, 0.29) is 0 Å². The van der Waals surface area contributed by atoms with Crippen LogP contribution in [-0.4, -0.2) is 0 Å². The van der Waals surface area contributed by atoms with Gasteiger partial charge in [0.05, 0.1) is 0 Å². The van der Waals surface area contributed by atoms with Crippen molar-refractivity contribution < 1.29 is 0 Å². The average Bonchev–Trinajstić information content (AvgIpc) is 2.03. The molecule has 0 fully saturated rings. The zero-order valence-electron chi connectivity index (χ0n) is 6.89. The highest BCUT2D eigenvalue weighted by Gasteiger charge is 2.01. The molecule has 1 aromatic rings. The predicted molar refractivity (Wildman–Crippen MR) is 51.7 cm³/mol. The summed E-state index contributed by atoms with van der Waals surface area (Å²) in [4.78, 5) is 0. The molecule has 1 rings (SSSR count). The highest BCUT2D eigenvalue weighted by Crippen LogP contribution is 2.21. The summed E-state index contributed by atoms with van der Waals surface area (Å²) in [7, 11) is 0. The third-order valence-electron chi connectivity index (χ3n) is 1.97. The van der Waals surface area contributed by atoms with Crippen LogP contribution in [0.1, 0.15) is 31.7 Å². The minimum atomic E-state index is 0.654. The Morgan fingerprint density at radius 2 is 2.36 bits per heavy atom. The summed E-state index contributed by atoms with van der Waals surface area (Å²) in [6.07, 6.45) is 1.19. The topological polar surface area (TPSA) is 0 Å². The number of benzene rings is 1. The van der Waals surface area contributed by atoms with E-state index in [1.165, 1.54) is 12.0 Å². The fraction of sp³-hybridized carbons (Fsp3) is 0.400. The van der Waals surface area contributed by atoms with Crippen molar-refractivity contribution in [2.75, 3.05) is 0 Å². The Bertz CT molecular complexity index is 230. The van der Waals surface area contributed by atoms with Crippen molar-refractivity contribution in [3.63, 3.8) is 0 Å². The van der Waals surface area contributed by atoms with Gasteiger partial charge in [0.1, 0.15) is 0 Å². The van der Waals surface area contributed by atoms with Gasteiger partial charge in [0.15, 0.2) is 0 Å². The van der Waals surface area contributed by atoms with Crippen molar-refractivity contribution in [2.24, 2.45) is 0 Å².